The Morgan fingerprint density at radius 2 is 0.714 bits per heavy atom. The number of hydrogen-bond donors (Lipinski definition) is 2. The number of benzene rings is 5. The van der Waals surface area contributed by atoms with E-state index in [0.717, 1.165) is 0 Å². The van der Waals surface area contributed by atoms with Gasteiger partial charge in [-0.3, -0.25) is 0 Å². The summed E-state index contributed by atoms with van der Waals surface area (Å²) >= 11 is 0. The first-order chi connectivity index (χ1) is 26.8. The Hall–Kier alpha value is -8.08. The standard InChI is InChI=1S/C40H18F6N6O4/c41-39(42,43)55-29-13-9-23(10-14-29)21-1-5-25(6-2-21)31-33-36(54-37(51-33)27(17-47)18-48)32(34-35(31)53-38(52-34)28(19-49)20-50)26-7-3-22(4-8-26)24-11-15-30(16-12-24)56-40(44,45)46/h1-16,51-52H. The molecule has 16 heteroatoms. The van der Waals surface area contributed by atoms with Crippen molar-refractivity contribution in [3.8, 4) is 91.8 Å². The minimum Gasteiger partial charge on any atom is -0.436 e. The largest absolute Gasteiger partial charge is 0.573 e. The van der Waals surface area contributed by atoms with Gasteiger partial charge in [-0.2, -0.15) is 21.0 Å². The molecule has 0 fully saturated rings. The molecule has 0 unspecified atom stereocenters. The third kappa shape index (κ3) is 7.14. The number of nitrogens with zero attached hydrogens (tertiary/aromatic N) is 4. The highest BCUT2D eigenvalue weighted by atomic mass is 19.4. The maximum Gasteiger partial charge on any atom is 0.573 e. The number of alkyl halides is 6. The average molecular weight is 761 g/mol. The van der Waals surface area contributed by atoms with Crippen LogP contribution in [0.25, 0.3) is 44.5 Å². The molecular weight excluding hydrogens is 742 g/mol. The van der Waals surface area contributed by atoms with Gasteiger partial charge in [0.15, 0.2) is 22.6 Å². The second-order valence-corrected chi connectivity index (χ2v) is 11.8. The summed E-state index contributed by atoms with van der Waals surface area (Å²) in [6.07, 6.45) is -9.70. The van der Waals surface area contributed by atoms with Gasteiger partial charge in [-0.05, 0) is 57.6 Å². The molecule has 0 atom stereocenters. The Kier molecular flexibility index (Phi) is 9.10. The predicted molar refractivity (Wildman–Crippen MR) is 187 cm³/mol. The molecule has 0 aliphatic carbocycles. The molecule has 2 aliphatic rings. The van der Waals surface area contributed by atoms with Gasteiger partial charge in [0, 0.05) is 0 Å². The van der Waals surface area contributed by atoms with Crippen LogP contribution < -0.4 is 29.6 Å². The van der Waals surface area contributed by atoms with Crippen molar-refractivity contribution in [1.82, 2.24) is 0 Å². The smallest absolute Gasteiger partial charge is 0.436 e. The number of anilines is 2. The Labute approximate surface area is 312 Å². The molecule has 2 N–H and O–H groups in total. The number of allylic oxidation sites excluding steroid dienone is 2. The molecule has 2 aliphatic heterocycles. The number of nitrogens with one attached hydrogen (secondary N) is 2. The zero-order valence-electron chi connectivity index (χ0n) is 27.9. The van der Waals surface area contributed by atoms with Crippen LogP contribution in [0, 0.1) is 45.3 Å². The van der Waals surface area contributed by atoms with Gasteiger partial charge >= 0.3 is 12.7 Å². The molecule has 0 saturated heterocycles. The summed E-state index contributed by atoms with van der Waals surface area (Å²) < 4.78 is 96.3. The molecule has 0 amide bonds. The Balaban J connectivity index is 1.35. The third-order valence-electron chi connectivity index (χ3n) is 8.38. The maximum absolute atomic E-state index is 12.7. The van der Waals surface area contributed by atoms with Gasteiger partial charge in [0.1, 0.15) is 35.8 Å². The summed E-state index contributed by atoms with van der Waals surface area (Å²) in [5.41, 5.74) is 3.77. The molecule has 5 aromatic rings. The topological polar surface area (TPSA) is 156 Å². The van der Waals surface area contributed by atoms with Crippen molar-refractivity contribution in [3.63, 3.8) is 0 Å². The fraction of sp³-hybridized carbons (Fsp3) is 0.0500. The molecule has 0 aromatic heterocycles. The highest BCUT2D eigenvalue weighted by Gasteiger charge is 2.38. The van der Waals surface area contributed by atoms with Crippen molar-refractivity contribution in [2.45, 2.75) is 12.7 Å². The van der Waals surface area contributed by atoms with Gasteiger partial charge in [0.25, 0.3) is 0 Å². The summed E-state index contributed by atoms with van der Waals surface area (Å²) in [5.74, 6) is -0.877. The van der Waals surface area contributed by atoms with Crippen molar-refractivity contribution in [3.05, 3.63) is 120 Å². The van der Waals surface area contributed by atoms with E-state index in [1.165, 1.54) is 48.5 Å². The number of fused-ring (bicyclic) bond motifs is 2. The molecular formula is C40H18F6N6O4. The van der Waals surface area contributed by atoms with E-state index in [9.17, 15) is 47.4 Å². The number of halogens is 6. The van der Waals surface area contributed by atoms with Crippen LogP contribution in [0.15, 0.2) is 120 Å². The quantitative estimate of drug-likeness (QED) is 0.126. The van der Waals surface area contributed by atoms with Crippen LogP contribution in [0.3, 0.4) is 0 Å². The molecule has 2 heterocycles. The number of hydrogen-bond acceptors (Lipinski definition) is 10. The maximum atomic E-state index is 12.7. The lowest BCUT2D eigenvalue weighted by Crippen LogP contribution is -2.16. The second kappa shape index (κ2) is 14.0. The van der Waals surface area contributed by atoms with Gasteiger partial charge < -0.3 is 29.6 Å². The van der Waals surface area contributed by atoms with E-state index >= 15 is 0 Å². The molecule has 5 aromatic carbocycles. The fourth-order valence-corrected chi connectivity index (χ4v) is 6.02. The van der Waals surface area contributed by atoms with Crippen LogP contribution in [-0.4, -0.2) is 12.7 Å². The highest BCUT2D eigenvalue weighted by molar-refractivity contribution is 6.05. The summed E-state index contributed by atoms with van der Waals surface area (Å²) in [7, 11) is 0. The molecule has 56 heavy (non-hydrogen) atoms. The van der Waals surface area contributed by atoms with Crippen LogP contribution in [0.2, 0.25) is 0 Å². The summed E-state index contributed by atoms with van der Waals surface area (Å²) in [4.78, 5) is 0. The molecule has 0 radical (unpaired) electrons. The average Bonchev–Trinajstić information content (AvgIpc) is 3.80. The fourth-order valence-electron chi connectivity index (χ4n) is 6.02. The van der Waals surface area contributed by atoms with Crippen molar-refractivity contribution < 1.29 is 45.3 Å². The van der Waals surface area contributed by atoms with E-state index in [0.29, 0.717) is 44.5 Å². The minimum atomic E-state index is -4.85. The lowest BCUT2D eigenvalue weighted by atomic mass is 9.92. The van der Waals surface area contributed by atoms with Gasteiger partial charge in [-0.25, -0.2) is 0 Å². The van der Waals surface area contributed by atoms with Crippen molar-refractivity contribution in [1.29, 1.82) is 21.0 Å². The molecule has 0 spiro atoms. The molecule has 0 bridgehead atoms. The molecule has 10 nitrogen and oxygen atoms in total. The lowest BCUT2D eigenvalue weighted by molar-refractivity contribution is -0.275. The van der Waals surface area contributed by atoms with E-state index in [2.05, 4.69) is 20.1 Å². The summed E-state index contributed by atoms with van der Waals surface area (Å²) in [6.45, 7) is 0. The van der Waals surface area contributed by atoms with E-state index in [1.54, 1.807) is 72.8 Å². The first kappa shape index (κ1) is 36.3. The van der Waals surface area contributed by atoms with Crippen molar-refractivity contribution in [2.75, 3.05) is 10.6 Å². The first-order valence-corrected chi connectivity index (χ1v) is 15.9. The number of rotatable bonds is 6. The normalized spacial score (nSPS) is 12.5. The van der Waals surface area contributed by atoms with E-state index < -0.39 is 12.7 Å². The van der Waals surface area contributed by atoms with Gasteiger partial charge in [-0.15, -0.1) is 26.3 Å². The van der Waals surface area contributed by atoms with Crippen LogP contribution in [0.1, 0.15) is 0 Å². The number of nitriles is 4. The zero-order chi connectivity index (χ0) is 39.8. The lowest BCUT2D eigenvalue weighted by Gasteiger charge is -2.17. The second-order valence-electron chi connectivity index (χ2n) is 11.8. The van der Waals surface area contributed by atoms with Crippen molar-refractivity contribution in [2.24, 2.45) is 0 Å². The van der Waals surface area contributed by atoms with Crippen LogP contribution in [-0.2, 0) is 0 Å². The Morgan fingerprint density at radius 1 is 0.446 bits per heavy atom. The van der Waals surface area contributed by atoms with Gasteiger partial charge in [0.2, 0.25) is 11.8 Å². The van der Waals surface area contributed by atoms with Crippen LogP contribution in [0.4, 0.5) is 37.7 Å². The van der Waals surface area contributed by atoms with Gasteiger partial charge in [0.05, 0.1) is 22.5 Å². The van der Waals surface area contributed by atoms with E-state index in [4.69, 9.17) is 9.47 Å². The monoisotopic (exact) mass is 760 g/mol. The van der Waals surface area contributed by atoms with Crippen molar-refractivity contribution >= 4 is 11.4 Å². The first-order valence-electron chi connectivity index (χ1n) is 15.9. The van der Waals surface area contributed by atoms with Crippen LogP contribution >= 0.6 is 0 Å². The van der Waals surface area contributed by atoms with E-state index in [1.807, 2.05) is 0 Å². The summed E-state index contributed by atoms with van der Waals surface area (Å²) in [5, 5.41) is 44.8. The molecule has 274 valence electrons. The van der Waals surface area contributed by atoms with Crippen LogP contribution in [0.5, 0.6) is 23.0 Å². The highest BCUT2D eigenvalue weighted by Crippen LogP contribution is 2.60. The Bertz CT molecular complexity index is 2370. The van der Waals surface area contributed by atoms with Gasteiger partial charge in [-0.1, -0.05) is 72.8 Å². The molecule has 7 rings (SSSR count). The number of ether oxygens (including phenoxy) is 4. The predicted octanol–water partition coefficient (Wildman–Crippen LogP) is 10.3. The SMILES string of the molecule is N#CC(C#N)=C1Nc2c(c(-c3ccc(-c4ccc(OC(F)(F)F)cc4)cc3)c3c(c2-c2ccc(-c4ccc(OC(F)(F)F)cc4)cc2)OC(=C(C#N)C#N)N3)O1. The molecule has 0 saturated carbocycles. The third-order valence-corrected chi connectivity index (χ3v) is 8.38. The van der Waals surface area contributed by atoms with E-state index in [-0.39, 0.29) is 57.3 Å². The minimum absolute atomic E-state index is 0.135. The zero-order valence-corrected chi connectivity index (χ0v) is 27.9. The Morgan fingerprint density at radius 3 is 0.982 bits per heavy atom. The summed E-state index contributed by atoms with van der Waals surface area (Å²) in [6, 6.07) is 31.2.